The molecule has 0 amide bonds. The minimum Gasteiger partial charge on any atom is -0.399 e. The fraction of sp³-hybridized carbons (Fsp3) is 0.182. The van der Waals surface area contributed by atoms with Crippen LogP contribution in [0.1, 0.15) is 5.76 Å². The van der Waals surface area contributed by atoms with Crippen LogP contribution in [0.5, 0.6) is 0 Å². The average molecular weight is 267 g/mol. The van der Waals surface area contributed by atoms with Crippen LogP contribution in [0.2, 0.25) is 0 Å². The predicted molar refractivity (Wildman–Crippen MR) is 67.7 cm³/mol. The number of benzene rings is 1. The van der Waals surface area contributed by atoms with Crippen LogP contribution in [0, 0.1) is 6.92 Å². The van der Waals surface area contributed by atoms with E-state index >= 15 is 0 Å². The smallest absolute Gasteiger partial charge is 0.265 e. The van der Waals surface area contributed by atoms with Gasteiger partial charge in [-0.25, -0.2) is 8.42 Å². The van der Waals surface area contributed by atoms with Gasteiger partial charge in [0.1, 0.15) is 5.76 Å². The van der Waals surface area contributed by atoms with E-state index in [0.29, 0.717) is 11.4 Å². The summed E-state index contributed by atoms with van der Waals surface area (Å²) >= 11 is 0. The van der Waals surface area contributed by atoms with E-state index in [9.17, 15) is 8.42 Å². The van der Waals surface area contributed by atoms with Gasteiger partial charge in [0.15, 0.2) is 5.82 Å². The lowest BCUT2D eigenvalue weighted by molar-refractivity contribution is 0.399. The monoisotopic (exact) mass is 267 g/mol. The number of aryl methyl sites for hydroxylation is 1. The maximum atomic E-state index is 12.3. The van der Waals surface area contributed by atoms with Gasteiger partial charge in [-0.05, 0) is 31.2 Å². The molecule has 96 valence electrons. The summed E-state index contributed by atoms with van der Waals surface area (Å²) in [4.78, 5) is 0.153. The molecule has 0 saturated carbocycles. The van der Waals surface area contributed by atoms with Gasteiger partial charge in [0.05, 0.1) is 4.90 Å². The minimum absolute atomic E-state index is 0.153. The molecule has 0 atom stereocenters. The number of nitrogens with two attached hydrogens (primary N) is 1. The quantitative estimate of drug-likeness (QED) is 0.849. The maximum absolute atomic E-state index is 12.3. The third-order valence-electron chi connectivity index (χ3n) is 2.48. The van der Waals surface area contributed by atoms with Gasteiger partial charge in [-0.1, -0.05) is 5.16 Å². The standard InChI is InChI=1S/C11H13N3O3S/c1-8-7-11(13-17-8)14(2)18(15,16)10-5-3-9(12)4-6-10/h3-7H,12H2,1-2H3. The first-order valence-electron chi connectivity index (χ1n) is 5.19. The highest BCUT2D eigenvalue weighted by molar-refractivity contribution is 7.92. The van der Waals surface area contributed by atoms with Crippen LogP contribution in [0.3, 0.4) is 0 Å². The molecule has 18 heavy (non-hydrogen) atoms. The van der Waals surface area contributed by atoms with Crippen molar-refractivity contribution in [3.05, 3.63) is 36.1 Å². The summed E-state index contributed by atoms with van der Waals surface area (Å²) in [5, 5.41) is 3.67. The van der Waals surface area contributed by atoms with E-state index in [0.717, 1.165) is 4.31 Å². The van der Waals surface area contributed by atoms with Crippen LogP contribution in [-0.4, -0.2) is 20.6 Å². The molecule has 7 heteroatoms. The van der Waals surface area contributed by atoms with Gasteiger partial charge >= 0.3 is 0 Å². The van der Waals surface area contributed by atoms with Crippen LogP contribution in [0.4, 0.5) is 11.5 Å². The van der Waals surface area contributed by atoms with Crippen LogP contribution < -0.4 is 10.0 Å². The summed E-state index contributed by atoms with van der Waals surface area (Å²) in [5.41, 5.74) is 6.03. The lowest BCUT2D eigenvalue weighted by atomic mass is 10.3. The van der Waals surface area contributed by atoms with Gasteiger partial charge in [-0.3, -0.25) is 4.31 Å². The van der Waals surface area contributed by atoms with E-state index in [1.165, 1.54) is 31.3 Å². The van der Waals surface area contributed by atoms with Crippen molar-refractivity contribution in [1.82, 2.24) is 5.16 Å². The third-order valence-corrected chi connectivity index (χ3v) is 4.25. The van der Waals surface area contributed by atoms with Crippen molar-refractivity contribution in [1.29, 1.82) is 0 Å². The largest absolute Gasteiger partial charge is 0.399 e. The molecule has 0 aliphatic rings. The SMILES string of the molecule is Cc1cc(N(C)S(=O)(=O)c2ccc(N)cc2)no1. The molecule has 0 saturated heterocycles. The average Bonchev–Trinajstić information content (AvgIpc) is 2.75. The molecule has 2 N–H and O–H groups in total. The molecule has 0 radical (unpaired) electrons. The van der Waals surface area contributed by atoms with E-state index in [1.54, 1.807) is 13.0 Å². The van der Waals surface area contributed by atoms with Crippen molar-refractivity contribution in [2.45, 2.75) is 11.8 Å². The molecule has 2 aromatic rings. The minimum atomic E-state index is -3.64. The van der Waals surface area contributed by atoms with E-state index < -0.39 is 10.0 Å². The van der Waals surface area contributed by atoms with Gasteiger partial charge in [0.2, 0.25) is 0 Å². The van der Waals surface area contributed by atoms with E-state index in [-0.39, 0.29) is 10.7 Å². The Morgan fingerprint density at radius 3 is 2.39 bits per heavy atom. The molecule has 1 aromatic heterocycles. The second-order valence-electron chi connectivity index (χ2n) is 3.84. The Hall–Kier alpha value is -2.02. The number of hydrogen-bond acceptors (Lipinski definition) is 5. The first-order chi connectivity index (χ1) is 8.41. The molecular formula is C11H13N3O3S. The molecule has 0 unspecified atom stereocenters. The Labute approximate surface area is 105 Å². The molecule has 0 bridgehead atoms. The second kappa shape index (κ2) is 4.34. The molecule has 1 aromatic carbocycles. The zero-order valence-corrected chi connectivity index (χ0v) is 10.8. The van der Waals surface area contributed by atoms with Crippen molar-refractivity contribution >= 4 is 21.5 Å². The van der Waals surface area contributed by atoms with Crippen LogP contribution in [0.15, 0.2) is 39.8 Å². The number of anilines is 2. The molecule has 0 spiro atoms. The van der Waals surface area contributed by atoms with Gasteiger partial charge in [-0.2, -0.15) is 0 Å². The first-order valence-corrected chi connectivity index (χ1v) is 6.63. The normalized spacial score (nSPS) is 11.4. The third kappa shape index (κ3) is 2.17. The Bertz CT molecular complexity index is 646. The predicted octanol–water partition coefficient (Wildman–Crippen LogP) is 1.39. The number of nitrogens with zero attached hydrogens (tertiary/aromatic N) is 2. The zero-order chi connectivity index (χ0) is 13.3. The number of rotatable bonds is 3. The lowest BCUT2D eigenvalue weighted by Gasteiger charge is -2.15. The molecule has 2 rings (SSSR count). The maximum Gasteiger partial charge on any atom is 0.265 e. The number of aromatic nitrogens is 1. The lowest BCUT2D eigenvalue weighted by Crippen LogP contribution is -2.26. The second-order valence-corrected chi connectivity index (χ2v) is 5.81. The Morgan fingerprint density at radius 2 is 1.89 bits per heavy atom. The fourth-order valence-corrected chi connectivity index (χ4v) is 2.55. The highest BCUT2D eigenvalue weighted by atomic mass is 32.2. The number of nitrogen functional groups attached to an aromatic ring is 1. The van der Waals surface area contributed by atoms with Crippen molar-refractivity contribution in [3.63, 3.8) is 0 Å². The topological polar surface area (TPSA) is 89.4 Å². The van der Waals surface area contributed by atoms with Crippen molar-refractivity contribution in [2.75, 3.05) is 17.1 Å². The van der Waals surface area contributed by atoms with Crippen molar-refractivity contribution in [3.8, 4) is 0 Å². The number of hydrogen-bond donors (Lipinski definition) is 1. The highest BCUT2D eigenvalue weighted by Gasteiger charge is 2.23. The Morgan fingerprint density at radius 1 is 1.28 bits per heavy atom. The summed E-state index contributed by atoms with van der Waals surface area (Å²) in [6.07, 6.45) is 0. The van der Waals surface area contributed by atoms with Gasteiger partial charge in [-0.15, -0.1) is 0 Å². The molecule has 0 aliphatic carbocycles. The van der Waals surface area contributed by atoms with Crippen molar-refractivity contribution in [2.24, 2.45) is 0 Å². The Kier molecular flexibility index (Phi) is 3.00. The summed E-state index contributed by atoms with van der Waals surface area (Å²) in [7, 11) is -2.22. The van der Waals surface area contributed by atoms with E-state index in [4.69, 9.17) is 10.3 Å². The highest BCUT2D eigenvalue weighted by Crippen LogP contribution is 2.22. The molecular weight excluding hydrogens is 254 g/mol. The zero-order valence-electron chi connectivity index (χ0n) is 9.99. The molecule has 6 nitrogen and oxygen atoms in total. The molecule has 0 aliphatic heterocycles. The van der Waals surface area contributed by atoms with Crippen LogP contribution in [-0.2, 0) is 10.0 Å². The van der Waals surface area contributed by atoms with E-state index in [1.807, 2.05) is 0 Å². The van der Waals surface area contributed by atoms with Gasteiger partial charge in [0.25, 0.3) is 10.0 Å². The summed E-state index contributed by atoms with van der Waals surface area (Å²) in [5.74, 6) is 0.786. The summed E-state index contributed by atoms with van der Waals surface area (Å²) < 4.78 is 30.4. The van der Waals surface area contributed by atoms with Gasteiger partial charge < -0.3 is 10.3 Å². The first kappa shape index (κ1) is 12.4. The molecule has 0 fully saturated rings. The van der Waals surface area contributed by atoms with Gasteiger partial charge in [0, 0.05) is 18.8 Å². The van der Waals surface area contributed by atoms with Crippen LogP contribution >= 0.6 is 0 Å². The molecule has 1 heterocycles. The summed E-state index contributed by atoms with van der Waals surface area (Å²) in [6.45, 7) is 1.69. The number of sulfonamides is 1. The Balaban J connectivity index is 2.39. The van der Waals surface area contributed by atoms with Crippen LogP contribution in [0.25, 0.3) is 0 Å². The fourth-order valence-electron chi connectivity index (χ4n) is 1.42. The summed E-state index contributed by atoms with van der Waals surface area (Å²) in [6, 6.07) is 7.53. The van der Waals surface area contributed by atoms with Crippen molar-refractivity contribution < 1.29 is 12.9 Å². The van der Waals surface area contributed by atoms with E-state index in [2.05, 4.69) is 5.16 Å².